The van der Waals surface area contributed by atoms with Crippen LogP contribution in [0.25, 0.3) is 0 Å². The number of nitrogens with zero attached hydrogens (tertiary/aromatic N) is 3. The Labute approximate surface area is 173 Å². The number of likely N-dealkylation sites (tertiary alicyclic amines) is 2. The Kier molecular flexibility index (Phi) is 5.60. The number of likely N-dealkylation sites (N-methyl/N-ethyl adjacent to an activating group) is 1. The summed E-state index contributed by atoms with van der Waals surface area (Å²) < 4.78 is 13.2. The number of carbonyl (C=O) groups excluding carboxylic acids is 1. The number of halogens is 1. The first-order valence-electron chi connectivity index (χ1n) is 11.0. The lowest BCUT2D eigenvalue weighted by molar-refractivity contribution is -0.139. The molecule has 0 spiro atoms. The SMILES string of the molecule is CN1C(=O)CCC[C@@H]2N(CC3(O)CCN(c4ccc(F)cc4)CC3)CCC[C@@]21C. The minimum absolute atomic E-state index is 0.142. The fourth-order valence-corrected chi connectivity index (χ4v) is 5.70. The van der Waals surface area contributed by atoms with Crippen LogP contribution in [0.1, 0.15) is 51.9 Å². The number of carbonyl (C=O) groups is 1. The van der Waals surface area contributed by atoms with Gasteiger partial charge >= 0.3 is 0 Å². The maximum Gasteiger partial charge on any atom is 0.222 e. The molecule has 0 saturated carbocycles. The lowest BCUT2D eigenvalue weighted by atomic mass is 9.78. The van der Waals surface area contributed by atoms with Crippen LogP contribution in [0.4, 0.5) is 10.1 Å². The van der Waals surface area contributed by atoms with E-state index in [0.717, 1.165) is 51.0 Å². The van der Waals surface area contributed by atoms with Gasteiger partial charge in [-0.15, -0.1) is 0 Å². The van der Waals surface area contributed by atoms with Crippen LogP contribution in [0.2, 0.25) is 0 Å². The first kappa shape index (κ1) is 20.6. The predicted molar refractivity (Wildman–Crippen MR) is 112 cm³/mol. The molecule has 3 saturated heterocycles. The average Bonchev–Trinajstić information content (AvgIpc) is 2.81. The van der Waals surface area contributed by atoms with E-state index in [-0.39, 0.29) is 17.3 Å². The van der Waals surface area contributed by atoms with Crippen molar-refractivity contribution in [3.8, 4) is 0 Å². The average molecular weight is 404 g/mol. The molecular weight excluding hydrogens is 369 g/mol. The highest BCUT2D eigenvalue weighted by atomic mass is 19.1. The molecule has 160 valence electrons. The molecule has 0 bridgehead atoms. The number of aliphatic hydroxyl groups is 1. The summed E-state index contributed by atoms with van der Waals surface area (Å²) in [5.74, 6) is 0.0328. The third-order valence-electron chi connectivity index (χ3n) is 7.68. The molecule has 0 radical (unpaired) electrons. The molecule has 3 aliphatic heterocycles. The first-order chi connectivity index (χ1) is 13.8. The van der Waals surface area contributed by atoms with Crippen molar-refractivity contribution in [1.29, 1.82) is 0 Å². The van der Waals surface area contributed by atoms with E-state index in [9.17, 15) is 14.3 Å². The summed E-state index contributed by atoms with van der Waals surface area (Å²) in [6.07, 6.45) is 6.09. The van der Waals surface area contributed by atoms with E-state index in [2.05, 4.69) is 16.7 Å². The van der Waals surface area contributed by atoms with Crippen LogP contribution in [0.15, 0.2) is 24.3 Å². The summed E-state index contributed by atoms with van der Waals surface area (Å²) in [7, 11) is 1.96. The molecule has 3 heterocycles. The molecule has 1 aromatic rings. The van der Waals surface area contributed by atoms with Gasteiger partial charge in [-0.3, -0.25) is 9.69 Å². The third-order valence-corrected chi connectivity index (χ3v) is 7.68. The minimum atomic E-state index is -0.705. The summed E-state index contributed by atoms with van der Waals surface area (Å²) in [4.78, 5) is 19.1. The quantitative estimate of drug-likeness (QED) is 0.843. The van der Waals surface area contributed by atoms with Crippen molar-refractivity contribution >= 4 is 11.6 Å². The van der Waals surface area contributed by atoms with E-state index >= 15 is 0 Å². The monoisotopic (exact) mass is 403 g/mol. The van der Waals surface area contributed by atoms with Crippen molar-refractivity contribution in [3.05, 3.63) is 30.1 Å². The molecule has 2 atom stereocenters. The Bertz CT molecular complexity index is 732. The van der Waals surface area contributed by atoms with Gasteiger partial charge < -0.3 is 14.9 Å². The zero-order valence-electron chi connectivity index (χ0n) is 17.7. The Morgan fingerprint density at radius 2 is 1.79 bits per heavy atom. The molecule has 3 fully saturated rings. The van der Waals surface area contributed by atoms with Crippen molar-refractivity contribution in [2.24, 2.45) is 0 Å². The van der Waals surface area contributed by atoms with Gasteiger partial charge in [-0.1, -0.05) is 0 Å². The van der Waals surface area contributed by atoms with Crippen LogP contribution < -0.4 is 4.90 Å². The number of piperidine rings is 2. The summed E-state index contributed by atoms with van der Waals surface area (Å²) in [6.45, 7) is 5.44. The summed E-state index contributed by atoms with van der Waals surface area (Å²) >= 11 is 0. The highest BCUT2D eigenvalue weighted by Gasteiger charge is 2.48. The summed E-state index contributed by atoms with van der Waals surface area (Å²) in [5, 5.41) is 11.4. The second-order valence-corrected chi connectivity index (χ2v) is 9.48. The molecule has 6 heteroatoms. The first-order valence-corrected chi connectivity index (χ1v) is 11.0. The number of rotatable bonds is 3. The van der Waals surface area contributed by atoms with Crippen molar-refractivity contribution < 1.29 is 14.3 Å². The Hall–Kier alpha value is -1.66. The maximum absolute atomic E-state index is 13.2. The fourth-order valence-electron chi connectivity index (χ4n) is 5.70. The van der Waals surface area contributed by atoms with Crippen LogP contribution in [-0.2, 0) is 4.79 Å². The highest BCUT2D eigenvalue weighted by molar-refractivity contribution is 5.77. The van der Waals surface area contributed by atoms with E-state index in [4.69, 9.17) is 0 Å². The van der Waals surface area contributed by atoms with Crippen molar-refractivity contribution in [2.45, 2.75) is 69.1 Å². The molecule has 5 nitrogen and oxygen atoms in total. The van der Waals surface area contributed by atoms with E-state index in [1.807, 2.05) is 24.1 Å². The Morgan fingerprint density at radius 1 is 1.10 bits per heavy atom. The van der Waals surface area contributed by atoms with Gasteiger partial charge in [0.15, 0.2) is 0 Å². The molecule has 0 unspecified atom stereocenters. The zero-order valence-corrected chi connectivity index (χ0v) is 17.7. The second kappa shape index (κ2) is 7.88. The number of β-amino-alcohol motifs (C(OH)–C–C–N with tert-alkyl or cyclic N) is 1. The standard InChI is InChI=1S/C23H34FN3O2/c1-22-11-4-14-27(20(22)5-3-6-21(28)25(22)2)17-23(29)12-15-26(16-13-23)19-9-7-18(24)8-10-19/h7-10,20,29H,3-6,11-17H2,1-2H3/t20-,22-/m0/s1. The van der Waals surface area contributed by atoms with Crippen LogP contribution in [0.3, 0.4) is 0 Å². The lowest BCUT2D eigenvalue weighted by Crippen LogP contribution is -2.65. The molecule has 3 aliphatic rings. The van der Waals surface area contributed by atoms with Gasteiger partial charge in [-0.05, 0) is 76.3 Å². The third kappa shape index (κ3) is 4.02. The molecule has 0 aromatic heterocycles. The van der Waals surface area contributed by atoms with E-state index in [1.54, 1.807) is 0 Å². The van der Waals surface area contributed by atoms with Crippen LogP contribution in [0, 0.1) is 5.82 Å². The smallest absolute Gasteiger partial charge is 0.222 e. The van der Waals surface area contributed by atoms with Gasteiger partial charge in [-0.2, -0.15) is 0 Å². The predicted octanol–water partition coefficient (Wildman–Crippen LogP) is 3.02. The Balaban J connectivity index is 1.43. The highest BCUT2D eigenvalue weighted by Crippen LogP contribution is 2.39. The molecule has 1 amide bonds. The minimum Gasteiger partial charge on any atom is -0.388 e. The van der Waals surface area contributed by atoms with Gasteiger partial charge in [0.05, 0.1) is 11.1 Å². The van der Waals surface area contributed by atoms with Gasteiger partial charge in [0, 0.05) is 44.8 Å². The second-order valence-electron chi connectivity index (χ2n) is 9.48. The summed E-state index contributed by atoms with van der Waals surface area (Å²) in [6, 6.07) is 6.93. The molecule has 29 heavy (non-hydrogen) atoms. The van der Waals surface area contributed by atoms with Crippen molar-refractivity contribution in [3.63, 3.8) is 0 Å². The van der Waals surface area contributed by atoms with Gasteiger partial charge in [0.2, 0.25) is 5.91 Å². The van der Waals surface area contributed by atoms with Crippen molar-refractivity contribution in [2.75, 3.05) is 38.1 Å². The molecular formula is C23H34FN3O2. The van der Waals surface area contributed by atoms with E-state index < -0.39 is 5.60 Å². The number of amides is 1. The van der Waals surface area contributed by atoms with Gasteiger partial charge in [-0.25, -0.2) is 4.39 Å². The number of fused-ring (bicyclic) bond motifs is 1. The molecule has 0 aliphatic carbocycles. The fraction of sp³-hybridized carbons (Fsp3) is 0.696. The van der Waals surface area contributed by atoms with Crippen LogP contribution in [0.5, 0.6) is 0 Å². The Morgan fingerprint density at radius 3 is 2.48 bits per heavy atom. The molecule has 1 N–H and O–H groups in total. The molecule has 1 aromatic carbocycles. The number of benzene rings is 1. The topological polar surface area (TPSA) is 47.0 Å². The number of hydrogen-bond donors (Lipinski definition) is 1. The zero-order chi connectivity index (χ0) is 20.6. The van der Waals surface area contributed by atoms with Crippen LogP contribution >= 0.6 is 0 Å². The maximum atomic E-state index is 13.2. The lowest BCUT2D eigenvalue weighted by Gasteiger charge is -2.53. The van der Waals surface area contributed by atoms with Gasteiger partial charge in [0.1, 0.15) is 5.82 Å². The summed E-state index contributed by atoms with van der Waals surface area (Å²) in [5.41, 5.74) is 0.170. The van der Waals surface area contributed by atoms with Gasteiger partial charge in [0.25, 0.3) is 0 Å². The largest absolute Gasteiger partial charge is 0.388 e. The number of hydrogen-bond acceptors (Lipinski definition) is 4. The number of anilines is 1. The molecule has 4 rings (SSSR count). The van der Waals surface area contributed by atoms with Crippen LogP contribution in [-0.4, -0.2) is 71.2 Å². The van der Waals surface area contributed by atoms with E-state index in [0.29, 0.717) is 31.8 Å². The normalized spacial score (nSPS) is 30.8. The van der Waals surface area contributed by atoms with E-state index in [1.165, 1.54) is 12.1 Å². The van der Waals surface area contributed by atoms with Crippen molar-refractivity contribution in [1.82, 2.24) is 9.80 Å².